The highest BCUT2D eigenvalue weighted by atomic mass is 32.2. The molecular weight excluding hydrogens is 349 g/mol. The molecule has 0 bridgehead atoms. The van der Waals surface area contributed by atoms with Crippen molar-refractivity contribution in [2.75, 3.05) is 28.4 Å². The third kappa shape index (κ3) is 4.02. The summed E-state index contributed by atoms with van der Waals surface area (Å²) >= 11 is 0. The van der Waals surface area contributed by atoms with Gasteiger partial charge in [0.2, 0.25) is 10.0 Å². The number of hydrogen-bond acceptors (Lipinski definition) is 5. The van der Waals surface area contributed by atoms with Crippen LogP contribution >= 0.6 is 0 Å². The molecule has 0 aromatic heterocycles. The lowest BCUT2D eigenvalue weighted by atomic mass is 10.2. The van der Waals surface area contributed by atoms with Crippen molar-refractivity contribution >= 4 is 10.0 Å². The number of sulfonamides is 1. The van der Waals surface area contributed by atoms with Gasteiger partial charge < -0.3 is 14.2 Å². The monoisotopic (exact) mass is 369 g/mol. The summed E-state index contributed by atoms with van der Waals surface area (Å²) in [4.78, 5) is 0.00674. The second-order valence-corrected chi connectivity index (χ2v) is 7.26. The summed E-state index contributed by atoms with van der Waals surface area (Å²) in [5, 5.41) is 0. The predicted molar refractivity (Wildman–Crippen MR) is 91.2 cm³/mol. The van der Waals surface area contributed by atoms with Crippen LogP contribution in [0.25, 0.3) is 0 Å². The van der Waals surface area contributed by atoms with Crippen molar-refractivity contribution in [3.63, 3.8) is 0 Å². The first-order chi connectivity index (χ1) is 11.8. The van der Waals surface area contributed by atoms with Gasteiger partial charge in [-0.25, -0.2) is 12.8 Å². The largest absolute Gasteiger partial charge is 0.497 e. The zero-order valence-electron chi connectivity index (χ0n) is 14.4. The fourth-order valence-corrected chi connectivity index (χ4v) is 3.60. The first-order valence-corrected chi connectivity index (χ1v) is 8.78. The van der Waals surface area contributed by atoms with Crippen molar-refractivity contribution < 1.29 is 27.0 Å². The molecule has 0 aliphatic rings. The van der Waals surface area contributed by atoms with Gasteiger partial charge in [-0.2, -0.15) is 4.31 Å². The Labute approximate surface area is 146 Å². The molecule has 0 unspecified atom stereocenters. The number of nitrogens with zero attached hydrogens (tertiary/aromatic N) is 1. The molecule has 8 heteroatoms. The van der Waals surface area contributed by atoms with Crippen molar-refractivity contribution in [1.29, 1.82) is 0 Å². The van der Waals surface area contributed by atoms with E-state index < -0.39 is 15.8 Å². The minimum atomic E-state index is -3.83. The molecule has 0 N–H and O–H groups in total. The Bertz CT molecular complexity index is 854. The lowest BCUT2D eigenvalue weighted by Gasteiger charge is -2.19. The van der Waals surface area contributed by atoms with Crippen LogP contribution in [0, 0.1) is 5.82 Å². The lowest BCUT2D eigenvalue weighted by molar-refractivity contribution is 0.382. The maximum atomic E-state index is 13.8. The number of methoxy groups -OCH3 is 3. The van der Waals surface area contributed by atoms with Crippen LogP contribution in [-0.2, 0) is 16.6 Å². The molecule has 0 atom stereocenters. The van der Waals surface area contributed by atoms with Gasteiger partial charge in [-0.05, 0) is 29.8 Å². The summed E-state index contributed by atoms with van der Waals surface area (Å²) in [6.07, 6.45) is 0. The van der Waals surface area contributed by atoms with E-state index >= 15 is 0 Å². The Balaban J connectivity index is 2.31. The maximum absolute atomic E-state index is 13.8. The Morgan fingerprint density at radius 2 is 1.64 bits per heavy atom. The third-order valence-electron chi connectivity index (χ3n) is 3.68. The van der Waals surface area contributed by atoms with Crippen LogP contribution in [0.4, 0.5) is 4.39 Å². The summed E-state index contributed by atoms with van der Waals surface area (Å²) in [7, 11) is 1.81. The van der Waals surface area contributed by atoms with E-state index in [9.17, 15) is 12.8 Å². The highest BCUT2D eigenvalue weighted by Crippen LogP contribution is 2.31. The molecule has 0 heterocycles. The molecule has 6 nitrogen and oxygen atoms in total. The van der Waals surface area contributed by atoms with E-state index in [1.165, 1.54) is 58.7 Å². The fraction of sp³-hybridized carbons (Fsp3) is 0.294. The number of hydrogen-bond donors (Lipinski definition) is 0. The molecule has 0 fully saturated rings. The molecule has 0 spiro atoms. The summed E-state index contributed by atoms with van der Waals surface area (Å²) < 4.78 is 55.6. The summed E-state index contributed by atoms with van der Waals surface area (Å²) in [5.74, 6) is 0.210. The molecule has 2 rings (SSSR count). The van der Waals surface area contributed by atoms with Gasteiger partial charge in [-0.1, -0.05) is 6.07 Å². The van der Waals surface area contributed by atoms with Crippen molar-refractivity contribution in [3.05, 3.63) is 47.8 Å². The van der Waals surface area contributed by atoms with Crippen molar-refractivity contribution in [2.24, 2.45) is 0 Å². The van der Waals surface area contributed by atoms with E-state index in [2.05, 4.69) is 0 Å². The van der Waals surface area contributed by atoms with Gasteiger partial charge in [0.05, 0.1) is 21.3 Å². The first kappa shape index (κ1) is 19.0. The highest BCUT2D eigenvalue weighted by Gasteiger charge is 2.25. The van der Waals surface area contributed by atoms with E-state index in [4.69, 9.17) is 14.2 Å². The summed E-state index contributed by atoms with van der Waals surface area (Å²) in [5.41, 5.74) is 0.497. The van der Waals surface area contributed by atoms with Crippen LogP contribution in [0.3, 0.4) is 0 Å². The minimum Gasteiger partial charge on any atom is -0.497 e. The van der Waals surface area contributed by atoms with Gasteiger partial charge in [-0.15, -0.1) is 0 Å². The molecular formula is C17H20FNO5S. The molecule has 2 aromatic rings. The predicted octanol–water partition coefficient (Wildman–Crippen LogP) is 2.67. The maximum Gasteiger partial charge on any atom is 0.246 e. The van der Waals surface area contributed by atoms with Gasteiger partial charge in [0.15, 0.2) is 11.6 Å². The molecule has 0 radical (unpaired) electrons. The number of ether oxygens (including phenoxy) is 3. The second-order valence-electron chi connectivity index (χ2n) is 5.25. The highest BCUT2D eigenvalue weighted by molar-refractivity contribution is 7.89. The third-order valence-corrected chi connectivity index (χ3v) is 5.52. The van der Waals surface area contributed by atoms with Gasteiger partial charge >= 0.3 is 0 Å². The van der Waals surface area contributed by atoms with Crippen molar-refractivity contribution in [3.8, 4) is 17.2 Å². The fourth-order valence-electron chi connectivity index (χ4n) is 2.31. The summed E-state index contributed by atoms with van der Waals surface area (Å²) in [6.45, 7) is -0.00156. The van der Waals surface area contributed by atoms with Crippen LogP contribution in [-0.4, -0.2) is 41.1 Å². The van der Waals surface area contributed by atoms with Gasteiger partial charge in [0.1, 0.15) is 16.4 Å². The number of rotatable bonds is 7. The quantitative estimate of drug-likeness (QED) is 0.751. The van der Waals surface area contributed by atoms with Crippen molar-refractivity contribution in [2.45, 2.75) is 11.4 Å². The molecule has 136 valence electrons. The topological polar surface area (TPSA) is 65.1 Å². The van der Waals surface area contributed by atoms with E-state index in [0.717, 1.165) is 4.31 Å². The molecule has 2 aromatic carbocycles. The SMILES string of the molecule is COc1ccc(S(=O)(=O)N(C)Cc2ccc(OC)c(F)c2)c(OC)c1. The van der Waals surface area contributed by atoms with Gasteiger partial charge in [0.25, 0.3) is 0 Å². The van der Waals surface area contributed by atoms with Crippen molar-refractivity contribution in [1.82, 2.24) is 4.31 Å². The van der Waals surface area contributed by atoms with Gasteiger partial charge in [0, 0.05) is 19.7 Å². The van der Waals surface area contributed by atoms with Gasteiger partial charge in [-0.3, -0.25) is 0 Å². The smallest absolute Gasteiger partial charge is 0.246 e. The molecule has 0 amide bonds. The van der Waals surface area contributed by atoms with Crippen LogP contribution in [0.5, 0.6) is 17.2 Å². The Hall–Kier alpha value is -2.32. The zero-order valence-corrected chi connectivity index (χ0v) is 15.3. The van der Waals surface area contributed by atoms with E-state index in [1.54, 1.807) is 6.07 Å². The number of halogens is 1. The summed E-state index contributed by atoms with van der Waals surface area (Å²) in [6, 6.07) is 8.76. The van der Waals surface area contributed by atoms with E-state index in [1.807, 2.05) is 0 Å². The number of benzene rings is 2. The second kappa shape index (κ2) is 7.71. The van der Waals surface area contributed by atoms with E-state index in [-0.39, 0.29) is 22.9 Å². The Kier molecular flexibility index (Phi) is 5.86. The molecule has 0 saturated carbocycles. The average Bonchev–Trinajstić information content (AvgIpc) is 2.61. The normalized spacial score (nSPS) is 11.4. The van der Waals surface area contributed by atoms with Crippen LogP contribution in [0.1, 0.15) is 5.56 Å². The minimum absolute atomic E-state index is 0.00156. The van der Waals surface area contributed by atoms with Crippen LogP contribution < -0.4 is 14.2 Å². The lowest BCUT2D eigenvalue weighted by Crippen LogP contribution is -2.27. The van der Waals surface area contributed by atoms with Crippen LogP contribution in [0.15, 0.2) is 41.3 Å². The Morgan fingerprint density at radius 1 is 0.960 bits per heavy atom. The molecule has 0 saturated heterocycles. The molecule has 25 heavy (non-hydrogen) atoms. The Morgan fingerprint density at radius 3 is 2.20 bits per heavy atom. The standard InChI is InChI=1S/C17H20FNO5S/c1-19(11-12-5-7-15(23-3)14(18)9-12)25(20,21)17-8-6-13(22-2)10-16(17)24-4/h5-10H,11H2,1-4H3. The van der Waals surface area contributed by atoms with Crippen LogP contribution in [0.2, 0.25) is 0 Å². The zero-order chi connectivity index (χ0) is 18.6. The van der Waals surface area contributed by atoms with E-state index in [0.29, 0.717) is 11.3 Å². The molecule has 0 aliphatic heterocycles. The first-order valence-electron chi connectivity index (χ1n) is 7.34. The average molecular weight is 369 g/mol. The molecule has 0 aliphatic carbocycles.